The third-order valence-corrected chi connectivity index (χ3v) is 5.77. The van der Waals surface area contributed by atoms with Crippen molar-refractivity contribution in [1.29, 1.82) is 0 Å². The Labute approximate surface area is 177 Å². The van der Waals surface area contributed by atoms with E-state index in [4.69, 9.17) is 4.74 Å². The second-order valence-corrected chi connectivity index (χ2v) is 8.71. The number of nitrogens with one attached hydrogen (secondary N) is 2. The topological polar surface area (TPSA) is 84.5 Å². The SMILES string of the molecule is O=C(COc1ccccc1)Nc1ccc(S(=O)(=O)Nc2ccc(I)cc2)cc1. The molecule has 0 aliphatic rings. The van der Waals surface area contributed by atoms with E-state index in [-0.39, 0.29) is 17.4 Å². The maximum absolute atomic E-state index is 12.5. The molecule has 0 aliphatic carbocycles. The number of carbonyl (C=O) groups excluding carboxylic acids is 1. The van der Waals surface area contributed by atoms with Crippen LogP contribution in [0.15, 0.2) is 83.8 Å². The van der Waals surface area contributed by atoms with Crippen molar-refractivity contribution in [3.63, 3.8) is 0 Å². The Morgan fingerprint density at radius 3 is 2.11 bits per heavy atom. The van der Waals surface area contributed by atoms with Gasteiger partial charge in [-0.15, -0.1) is 0 Å². The Morgan fingerprint density at radius 1 is 0.857 bits per heavy atom. The van der Waals surface area contributed by atoms with Crippen LogP contribution < -0.4 is 14.8 Å². The average Bonchev–Trinajstić information content (AvgIpc) is 2.69. The molecule has 3 rings (SSSR count). The number of para-hydroxylation sites is 1. The predicted molar refractivity (Wildman–Crippen MR) is 117 cm³/mol. The van der Waals surface area contributed by atoms with Gasteiger partial charge in [-0.1, -0.05) is 18.2 Å². The van der Waals surface area contributed by atoms with Gasteiger partial charge in [0, 0.05) is 14.9 Å². The summed E-state index contributed by atoms with van der Waals surface area (Å²) in [6.45, 7) is -0.140. The lowest BCUT2D eigenvalue weighted by Crippen LogP contribution is -2.20. The highest BCUT2D eigenvalue weighted by Gasteiger charge is 2.14. The second-order valence-electron chi connectivity index (χ2n) is 5.79. The summed E-state index contributed by atoms with van der Waals surface area (Å²) >= 11 is 2.15. The van der Waals surface area contributed by atoms with Crippen molar-refractivity contribution >= 4 is 49.9 Å². The van der Waals surface area contributed by atoms with Crippen molar-refractivity contribution in [1.82, 2.24) is 0 Å². The molecule has 28 heavy (non-hydrogen) atoms. The van der Waals surface area contributed by atoms with Gasteiger partial charge in [0.15, 0.2) is 6.61 Å². The summed E-state index contributed by atoms with van der Waals surface area (Å²) in [5.74, 6) is 0.261. The number of sulfonamides is 1. The van der Waals surface area contributed by atoms with Gasteiger partial charge in [-0.2, -0.15) is 0 Å². The first-order valence-corrected chi connectivity index (χ1v) is 10.8. The largest absolute Gasteiger partial charge is 0.484 e. The number of halogens is 1. The Kier molecular flexibility index (Phi) is 6.53. The fourth-order valence-electron chi connectivity index (χ4n) is 2.31. The van der Waals surface area contributed by atoms with Crippen LogP contribution in [0.4, 0.5) is 11.4 Å². The summed E-state index contributed by atoms with van der Waals surface area (Å²) in [6, 6.07) is 22.0. The molecule has 0 saturated heterocycles. The number of ether oxygens (including phenoxy) is 1. The third kappa shape index (κ3) is 5.70. The zero-order valence-electron chi connectivity index (χ0n) is 14.6. The molecular formula is C20H17IN2O4S. The molecule has 8 heteroatoms. The van der Waals surface area contributed by atoms with Crippen molar-refractivity contribution in [3.8, 4) is 5.75 Å². The molecule has 0 saturated carbocycles. The second kappa shape index (κ2) is 9.07. The van der Waals surface area contributed by atoms with Crippen molar-refractivity contribution in [2.75, 3.05) is 16.6 Å². The fourth-order valence-corrected chi connectivity index (χ4v) is 3.73. The van der Waals surface area contributed by atoms with Crippen LogP contribution in [0, 0.1) is 3.57 Å². The molecule has 3 aromatic rings. The van der Waals surface area contributed by atoms with Crippen LogP contribution in [0.2, 0.25) is 0 Å². The first-order valence-electron chi connectivity index (χ1n) is 8.28. The lowest BCUT2D eigenvalue weighted by Gasteiger charge is -2.10. The lowest BCUT2D eigenvalue weighted by atomic mass is 10.3. The Balaban J connectivity index is 1.59. The van der Waals surface area contributed by atoms with Crippen LogP contribution in [-0.4, -0.2) is 20.9 Å². The number of benzene rings is 3. The van der Waals surface area contributed by atoms with Crippen LogP contribution in [0.3, 0.4) is 0 Å². The normalized spacial score (nSPS) is 10.9. The summed E-state index contributed by atoms with van der Waals surface area (Å²) in [6.07, 6.45) is 0. The standard InChI is InChI=1S/C20H17IN2O4S/c21-15-6-8-17(9-7-15)23-28(25,26)19-12-10-16(11-13-19)22-20(24)14-27-18-4-2-1-3-5-18/h1-13,23H,14H2,(H,22,24). The van der Waals surface area contributed by atoms with Gasteiger partial charge in [0.2, 0.25) is 0 Å². The predicted octanol–water partition coefficient (Wildman–Crippen LogP) is 4.11. The molecule has 0 unspecified atom stereocenters. The molecule has 0 radical (unpaired) electrons. The van der Waals surface area contributed by atoms with Gasteiger partial charge in [0.05, 0.1) is 4.90 Å². The van der Waals surface area contributed by atoms with E-state index in [0.29, 0.717) is 17.1 Å². The molecule has 0 spiro atoms. The minimum absolute atomic E-state index is 0.101. The maximum atomic E-state index is 12.5. The first-order chi connectivity index (χ1) is 13.4. The first kappa shape index (κ1) is 20.2. The number of hydrogen-bond donors (Lipinski definition) is 2. The molecule has 0 bridgehead atoms. The molecule has 0 aliphatic heterocycles. The van der Waals surface area contributed by atoms with Crippen LogP contribution in [0.5, 0.6) is 5.75 Å². The van der Waals surface area contributed by atoms with Gasteiger partial charge in [-0.3, -0.25) is 9.52 Å². The summed E-state index contributed by atoms with van der Waals surface area (Å²) < 4.78 is 33.8. The molecule has 2 N–H and O–H groups in total. The lowest BCUT2D eigenvalue weighted by molar-refractivity contribution is -0.118. The highest BCUT2D eigenvalue weighted by molar-refractivity contribution is 14.1. The maximum Gasteiger partial charge on any atom is 0.262 e. The highest BCUT2D eigenvalue weighted by Crippen LogP contribution is 2.19. The van der Waals surface area contributed by atoms with E-state index in [1.54, 1.807) is 24.3 Å². The van der Waals surface area contributed by atoms with Crippen molar-refractivity contribution in [2.24, 2.45) is 0 Å². The molecule has 0 aromatic heterocycles. The molecule has 1 amide bonds. The van der Waals surface area contributed by atoms with Gasteiger partial charge in [-0.25, -0.2) is 8.42 Å². The van der Waals surface area contributed by atoms with Crippen LogP contribution in [0.25, 0.3) is 0 Å². The number of hydrogen-bond acceptors (Lipinski definition) is 4. The van der Waals surface area contributed by atoms with Gasteiger partial charge < -0.3 is 10.1 Å². The summed E-state index contributed by atoms with van der Waals surface area (Å²) in [5.41, 5.74) is 0.964. The van der Waals surface area contributed by atoms with Gasteiger partial charge in [0.1, 0.15) is 5.75 Å². The zero-order chi connectivity index (χ0) is 20.0. The number of rotatable bonds is 7. The van der Waals surface area contributed by atoms with Crippen LogP contribution in [0.1, 0.15) is 0 Å². The Morgan fingerprint density at radius 2 is 1.46 bits per heavy atom. The molecule has 3 aromatic carbocycles. The van der Waals surface area contributed by atoms with Crippen molar-refractivity contribution in [3.05, 3.63) is 82.4 Å². The molecule has 0 atom stereocenters. The number of anilines is 2. The molecular weight excluding hydrogens is 491 g/mol. The summed E-state index contributed by atoms with van der Waals surface area (Å²) in [5, 5.41) is 2.67. The molecule has 6 nitrogen and oxygen atoms in total. The molecule has 0 fully saturated rings. The van der Waals surface area contributed by atoms with E-state index in [0.717, 1.165) is 3.57 Å². The number of amides is 1. The van der Waals surface area contributed by atoms with E-state index in [9.17, 15) is 13.2 Å². The minimum Gasteiger partial charge on any atom is -0.484 e. The monoisotopic (exact) mass is 508 g/mol. The Hall–Kier alpha value is -2.59. The van der Waals surface area contributed by atoms with E-state index in [1.807, 2.05) is 30.3 Å². The average molecular weight is 508 g/mol. The van der Waals surface area contributed by atoms with Crippen LogP contribution in [-0.2, 0) is 14.8 Å². The van der Waals surface area contributed by atoms with Gasteiger partial charge in [-0.05, 0) is 83.3 Å². The quantitative estimate of drug-likeness (QED) is 0.471. The molecule has 144 valence electrons. The third-order valence-electron chi connectivity index (χ3n) is 3.66. The zero-order valence-corrected chi connectivity index (χ0v) is 17.6. The van der Waals surface area contributed by atoms with Crippen molar-refractivity contribution < 1.29 is 17.9 Å². The van der Waals surface area contributed by atoms with E-state index in [2.05, 4.69) is 32.6 Å². The van der Waals surface area contributed by atoms with E-state index in [1.165, 1.54) is 24.3 Å². The molecule has 0 heterocycles. The van der Waals surface area contributed by atoms with E-state index < -0.39 is 10.0 Å². The van der Waals surface area contributed by atoms with Crippen LogP contribution >= 0.6 is 22.6 Å². The highest BCUT2D eigenvalue weighted by atomic mass is 127. The van der Waals surface area contributed by atoms with Gasteiger partial charge >= 0.3 is 0 Å². The fraction of sp³-hybridized carbons (Fsp3) is 0.0500. The van der Waals surface area contributed by atoms with E-state index >= 15 is 0 Å². The number of carbonyl (C=O) groups is 1. The summed E-state index contributed by atoms with van der Waals surface area (Å²) in [7, 11) is -3.71. The smallest absolute Gasteiger partial charge is 0.262 e. The Bertz CT molecular complexity index is 1040. The van der Waals surface area contributed by atoms with Crippen molar-refractivity contribution in [2.45, 2.75) is 4.90 Å². The minimum atomic E-state index is -3.71. The summed E-state index contributed by atoms with van der Waals surface area (Å²) in [4.78, 5) is 12.1. The van der Waals surface area contributed by atoms with Gasteiger partial charge in [0.25, 0.3) is 15.9 Å².